The van der Waals surface area contributed by atoms with Crippen molar-refractivity contribution in [3.63, 3.8) is 0 Å². The van der Waals surface area contributed by atoms with Crippen molar-refractivity contribution in [3.8, 4) is 0 Å². The molecule has 3 heteroatoms. The SMILES string of the molecule is COC(C)(CN)c1cc2ccccc2s1. The van der Waals surface area contributed by atoms with Gasteiger partial charge in [-0.05, 0) is 24.4 Å². The van der Waals surface area contributed by atoms with E-state index < -0.39 is 0 Å². The molecule has 0 aliphatic rings. The van der Waals surface area contributed by atoms with Crippen molar-refractivity contribution in [1.82, 2.24) is 0 Å². The van der Waals surface area contributed by atoms with Gasteiger partial charge < -0.3 is 10.5 Å². The zero-order valence-corrected chi connectivity index (χ0v) is 9.80. The molecule has 1 heterocycles. The van der Waals surface area contributed by atoms with E-state index in [-0.39, 0.29) is 5.60 Å². The minimum absolute atomic E-state index is 0.357. The maximum atomic E-state index is 5.75. The number of rotatable bonds is 3. The molecule has 1 atom stereocenters. The molecule has 15 heavy (non-hydrogen) atoms. The molecule has 0 fully saturated rings. The van der Waals surface area contributed by atoms with Gasteiger partial charge in [0.1, 0.15) is 5.60 Å². The smallest absolute Gasteiger partial charge is 0.111 e. The lowest BCUT2D eigenvalue weighted by Gasteiger charge is -2.24. The van der Waals surface area contributed by atoms with E-state index in [0.717, 1.165) is 0 Å². The molecule has 0 saturated heterocycles. The number of methoxy groups -OCH3 is 1. The summed E-state index contributed by atoms with van der Waals surface area (Å²) in [6.07, 6.45) is 0. The van der Waals surface area contributed by atoms with Gasteiger partial charge >= 0.3 is 0 Å². The molecule has 1 aromatic carbocycles. The van der Waals surface area contributed by atoms with Crippen LogP contribution in [-0.2, 0) is 10.3 Å². The molecule has 0 saturated carbocycles. The molecule has 1 unspecified atom stereocenters. The fraction of sp³-hybridized carbons (Fsp3) is 0.333. The second-order valence-electron chi connectivity index (χ2n) is 3.79. The average molecular weight is 221 g/mol. The Kier molecular flexibility index (Phi) is 2.78. The van der Waals surface area contributed by atoms with E-state index in [9.17, 15) is 0 Å². The molecule has 1 aromatic heterocycles. The average Bonchev–Trinajstić information content (AvgIpc) is 2.72. The van der Waals surface area contributed by atoms with Gasteiger partial charge in [0.25, 0.3) is 0 Å². The summed E-state index contributed by atoms with van der Waals surface area (Å²) >= 11 is 1.75. The monoisotopic (exact) mass is 221 g/mol. The Morgan fingerprint density at radius 1 is 1.40 bits per heavy atom. The van der Waals surface area contributed by atoms with Crippen LogP contribution in [0, 0.1) is 0 Å². The zero-order valence-electron chi connectivity index (χ0n) is 8.99. The summed E-state index contributed by atoms with van der Waals surface area (Å²) in [6.45, 7) is 2.52. The third-order valence-electron chi connectivity index (χ3n) is 2.79. The van der Waals surface area contributed by atoms with Crippen molar-refractivity contribution in [3.05, 3.63) is 35.2 Å². The number of nitrogens with two attached hydrogens (primary N) is 1. The number of benzene rings is 1. The van der Waals surface area contributed by atoms with Crippen LogP contribution in [0.2, 0.25) is 0 Å². The molecular formula is C12H15NOS. The molecular weight excluding hydrogens is 206 g/mol. The topological polar surface area (TPSA) is 35.2 Å². The zero-order chi connectivity index (χ0) is 10.9. The Labute approximate surface area is 93.7 Å². The van der Waals surface area contributed by atoms with Crippen molar-refractivity contribution in [1.29, 1.82) is 0 Å². The minimum Gasteiger partial charge on any atom is -0.372 e. The van der Waals surface area contributed by atoms with Crippen molar-refractivity contribution in [2.45, 2.75) is 12.5 Å². The van der Waals surface area contributed by atoms with E-state index in [0.29, 0.717) is 6.54 Å². The Morgan fingerprint density at radius 3 is 2.73 bits per heavy atom. The van der Waals surface area contributed by atoms with Crippen LogP contribution < -0.4 is 5.73 Å². The van der Waals surface area contributed by atoms with E-state index in [4.69, 9.17) is 10.5 Å². The highest BCUT2D eigenvalue weighted by Crippen LogP contribution is 2.34. The summed E-state index contributed by atoms with van der Waals surface area (Å²) in [4.78, 5) is 1.19. The molecule has 2 N–H and O–H groups in total. The van der Waals surface area contributed by atoms with Crippen LogP contribution >= 0.6 is 11.3 Å². The Balaban J connectivity index is 2.52. The van der Waals surface area contributed by atoms with Crippen LogP contribution in [0.4, 0.5) is 0 Å². The largest absolute Gasteiger partial charge is 0.372 e. The second kappa shape index (κ2) is 3.93. The second-order valence-corrected chi connectivity index (χ2v) is 4.87. The quantitative estimate of drug-likeness (QED) is 0.865. The highest BCUT2D eigenvalue weighted by molar-refractivity contribution is 7.19. The van der Waals surface area contributed by atoms with E-state index >= 15 is 0 Å². The highest BCUT2D eigenvalue weighted by atomic mass is 32.1. The van der Waals surface area contributed by atoms with Crippen LogP contribution in [0.25, 0.3) is 10.1 Å². The Bertz CT molecular complexity index is 426. The first-order chi connectivity index (χ1) is 7.19. The van der Waals surface area contributed by atoms with Crippen LogP contribution in [0.3, 0.4) is 0 Å². The van der Waals surface area contributed by atoms with Crippen molar-refractivity contribution in [2.75, 3.05) is 13.7 Å². The minimum atomic E-state index is -0.357. The molecule has 0 spiro atoms. The first-order valence-electron chi connectivity index (χ1n) is 4.94. The lowest BCUT2D eigenvalue weighted by Crippen LogP contribution is -2.32. The normalized spacial score (nSPS) is 15.4. The van der Waals surface area contributed by atoms with E-state index in [1.54, 1.807) is 18.4 Å². The van der Waals surface area contributed by atoms with E-state index in [2.05, 4.69) is 24.3 Å². The van der Waals surface area contributed by atoms with Gasteiger partial charge in [0, 0.05) is 23.2 Å². The third kappa shape index (κ3) is 1.78. The summed E-state index contributed by atoms with van der Waals surface area (Å²) in [5, 5.41) is 1.26. The molecule has 0 aliphatic carbocycles. The number of thiophene rings is 1. The number of fused-ring (bicyclic) bond motifs is 1. The van der Waals surface area contributed by atoms with Crippen LogP contribution in [0.5, 0.6) is 0 Å². The van der Waals surface area contributed by atoms with Crippen LogP contribution in [0.1, 0.15) is 11.8 Å². The Hall–Kier alpha value is -0.900. The Morgan fingerprint density at radius 2 is 2.13 bits per heavy atom. The maximum absolute atomic E-state index is 5.75. The molecule has 80 valence electrons. The van der Waals surface area contributed by atoms with Gasteiger partial charge in [-0.1, -0.05) is 18.2 Å². The molecule has 0 aliphatic heterocycles. The predicted molar refractivity (Wildman–Crippen MR) is 65.2 cm³/mol. The first-order valence-corrected chi connectivity index (χ1v) is 5.75. The number of hydrogen-bond donors (Lipinski definition) is 1. The van der Waals surface area contributed by atoms with Gasteiger partial charge in [-0.15, -0.1) is 11.3 Å². The van der Waals surface area contributed by atoms with Crippen molar-refractivity contribution >= 4 is 21.4 Å². The number of ether oxygens (including phenoxy) is 1. The summed E-state index contributed by atoms with van der Waals surface area (Å²) in [5.41, 5.74) is 5.40. The van der Waals surface area contributed by atoms with Gasteiger partial charge in [0.2, 0.25) is 0 Å². The van der Waals surface area contributed by atoms with E-state index in [1.807, 2.05) is 13.0 Å². The van der Waals surface area contributed by atoms with Crippen LogP contribution in [-0.4, -0.2) is 13.7 Å². The lowest BCUT2D eigenvalue weighted by atomic mass is 10.0. The summed E-state index contributed by atoms with van der Waals surface area (Å²) in [7, 11) is 1.71. The molecule has 0 bridgehead atoms. The summed E-state index contributed by atoms with van der Waals surface area (Å²) < 4.78 is 6.77. The number of hydrogen-bond acceptors (Lipinski definition) is 3. The molecule has 0 radical (unpaired) electrons. The fourth-order valence-corrected chi connectivity index (χ4v) is 2.72. The van der Waals surface area contributed by atoms with Crippen LogP contribution in [0.15, 0.2) is 30.3 Å². The highest BCUT2D eigenvalue weighted by Gasteiger charge is 2.26. The standard InChI is InChI=1S/C12H15NOS/c1-12(8-13,14-2)11-7-9-5-3-4-6-10(9)15-11/h3-7H,8,13H2,1-2H3. The first kappa shape index (κ1) is 10.6. The van der Waals surface area contributed by atoms with Gasteiger partial charge in [-0.3, -0.25) is 0 Å². The molecule has 2 aromatic rings. The summed E-state index contributed by atoms with van der Waals surface area (Å²) in [6, 6.07) is 10.5. The lowest BCUT2D eigenvalue weighted by molar-refractivity contribution is 0.0133. The van der Waals surface area contributed by atoms with Gasteiger partial charge in [-0.25, -0.2) is 0 Å². The fourth-order valence-electron chi connectivity index (χ4n) is 1.53. The van der Waals surface area contributed by atoms with Gasteiger partial charge in [0.15, 0.2) is 0 Å². The third-order valence-corrected chi connectivity index (χ3v) is 4.15. The van der Waals surface area contributed by atoms with E-state index in [1.165, 1.54) is 15.0 Å². The predicted octanol–water partition coefficient (Wildman–Crippen LogP) is 2.72. The van der Waals surface area contributed by atoms with Gasteiger partial charge in [-0.2, -0.15) is 0 Å². The summed E-state index contributed by atoms with van der Waals surface area (Å²) in [5.74, 6) is 0. The molecule has 0 amide bonds. The van der Waals surface area contributed by atoms with Crippen molar-refractivity contribution in [2.24, 2.45) is 5.73 Å². The van der Waals surface area contributed by atoms with Gasteiger partial charge in [0.05, 0.1) is 0 Å². The molecule has 2 rings (SSSR count). The molecule has 2 nitrogen and oxygen atoms in total. The maximum Gasteiger partial charge on any atom is 0.111 e. The van der Waals surface area contributed by atoms with Crippen molar-refractivity contribution < 1.29 is 4.74 Å².